The number of pyridine rings is 1. The summed E-state index contributed by atoms with van der Waals surface area (Å²) in [5, 5.41) is 14.8. The number of anilines is 1. The Morgan fingerprint density at radius 3 is 3.00 bits per heavy atom. The molecule has 0 spiro atoms. The number of nitrogens with zero attached hydrogens (tertiary/aromatic N) is 6. The van der Waals surface area contributed by atoms with Gasteiger partial charge >= 0.3 is 0 Å². The Kier molecular flexibility index (Phi) is 4.10. The third-order valence-corrected chi connectivity index (χ3v) is 3.81. The molecule has 0 radical (unpaired) electrons. The molecule has 0 aliphatic rings. The molecule has 130 valence electrons. The zero-order chi connectivity index (χ0) is 17.9. The summed E-state index contributed by atoms with van der Waals surface area (Å²) in [6.45, 7) is 0. The van der Waals surface area contributed by atoms with Crippen LogP contribution in [0.2, 0.25) is 0 Å². The first-order chi connectivity index (χ1) is 12.7. The highest BCUT2D eigenvalue weighted by Crippen LogP contribution is 2.19. The van der Waals surface area contributed by atoms with Gasteiger partial charge in [0.1, 0.15) is 5.82 Å². The van der Waals surface area contributed by atoms with E-state index in [1.165, 1.54) is 4.80 Å². The van der Waals surface area contributed by atoms with Gasteiger partial charge in [-0.2, -0.15) is 4.80 Å². The molecule has 0 aliphatic heterocycles. The van der Waals surface area contributed by atoms with E-state index in [-0.39, 0.29) is 5.91 Å². The van der Waals surface area contributed by atoms with E-state index in [0.29, 0.717) is 30.0 Å². The Balaban J connectivity index is 1.40. The average Bonchev–Trinajstić information content (AvgIpc) is 3.26. The maximum Gasteiger partial charge on any atom is 0.224 e. The number of hydrogen-bond acceptors (Lipinski definition) is 6. The summed E-state index contributed by atoms with van der Waals surface area (Å²) in [6, 6.07) is 11.1. The van der Waals surface area contributed by atoms with Crippen molar-refractivity contribution in [2.24, 2.45) is 7.05 Å². The molecule has 9 heteroatoms. The van der Waals surface area contributed by atoms with Crippen LogP contribution >= 0.6 is 0 Å². The zero-order valence-electron chi connectivity index (χ0n) is 14.0. The van der Waals surface area contributed by atoms with E-state index < -0.39 is 0 Å². The monoisotopic (exact) mass is 348 g/mol. The van der Waals surface area contributed by atoms with Gasteiger partial charge in [0.05, 0.1) is 12.6 Å². The molecule has 1 aromatic carbocycles. The van der Waals surface area contributed by atoms with Gasteiger partial charge in [0, 0.05) is 30.3 Å². The molecule has 4 aromatic rings. The number of rotatable bonds is 5. The van der Waals surface area contributed by atoms with E-state index in [2.05, 4.69) is 35.7 Å². The minimum atomic E-state index is -0.0947. The first-order valence-corrected chi connectivity index (χ1v) is 8.11. The van der Waals surface area contributed by atoms with Crippen molar-refractivity contribution in [3.8, 4) is 11.4 Å². The van der Waals surface area contributed by atoms with Crippen LogP contribution in [0, 0.1) is 0 Å². The molecule has 0 unspecified atom stereocenters. The fraction of sp³-hybridized carbons (Fsp3) is 0.176. The highest BCUT2D eigenvalue weighted by Gasteiger charge is 2.09. The smallest absolute Gasteiger partial charge is 0.224 e. The Hall–Kier alpha value is -3.62. The first-order valence-electron chi connectivity index (χ1n) is 8.11. The van der Waals surface area contributed by atoms with Gasteiger partial charge in [-0.3, -0.25) is 4.79 Å². The number of carbonyl (C=O) groups excluding carboxylic acids is 1. The molecule has 0 aliphatic carbocycles. The zero-order valence-corrected chi connectivity index (χ0v) is 14.0. The van der Waals surface area contributed by atoms with Crippen LogP contribution in [0.3, 0.4) is 0 Å². The fourth-order valence-electron chi connectivity index (χ4n) is 2.60. The van der Waals surface area contributed by atoms with Crippen molar-refractivity contribution in [1.82, 2.24) is 35.2 Å². The first kappa shape index (κ1) is 15.9. The molecule has 4 rings (SSSR count). The third kappa shape index (κ3) is 3.41. The SMILES string of the molecule is Cn1nnc(-c2cccc(NC(=O)CCc3nc4ncccc4[nH]3)c2)n1. The highest BCUT2D eigenvalue weighted by molar-refractivity contribution is 5.91. The molecular weight excluding hydrogens is 332 g/mol. The van der Waals surface area contributed by atoms with Gasteiger partial charge in [0.15, 0.2) is 5.65 Å². The highest BCUT2D eigenvalue weighted by atomic mass is 16.1. The van der Waals surface area contributed by atoms with Crippen LogP contribution in [0.15, 0.2) is 42.6 Å². The molecule has 9 nitrogen and oxygen atoms in total. The number of imidazole rings is 1. The van der Waals surface area contributed by atoms with Crippen LogP contribution in [-0.4, -0.2) is 41.1 Å². The van der Waals surface area contributed by atoms with Crippen LogP contribution in [0.4, 0.5) is 5.69 Å². The molecule has 3 heterocycles. The van der Waals surface area contributed by atoms with Crippen molar-refractivity contribution in [2.45, 2.75) is 12.8 Å². The Morgan fingerprint density at radius 1 is 1.27 bits per heavy atom. The number of aromatic amines is 1. The number of aryl methyl sites for hydroxylation is 2. The topological polar surface area (TPSA) is 114 Å². The third-order valence-electron chi connectivity index (χ3n) is 3.81. The van der Waals surface area contributed by atoms with Gasteiger partial charge in [0.25, 0.3) is 0 Å². The molecule has 0 atom stereocenters. The second-order valence-electron chi connectivity index (χ2n) is 5.79. The van der Waals surface area contributed by atoms with Crippen molar-refractivity contribution in [3.05, 3.63) is 48.4 Å². The van der Waals surface area contributed by atoms with Gasteiger partial charge in [-0.1, -0.05) is 12.1 Å². The molecular formula is C17H16N8O. The van der Waals surface area contributed by atoms with Gasteiger partial charge in [-0.25, -0.2) is 9.97 Å². The van der Waals surface area contributed by atoms with E-state index in [1.54, 1.807) is 13.2 Å². The van der Waals surface area contributed by atoms with E-state index in [1.807, 2.05) is 36.4 Å². The molecule has 3 aromatic heterocycles. The Bertz CT molecular complexity index is 1030. The lowest BCUT2D eigenvalue weighted by atomic mass is 10.2. The van der Waals surface area contributed by atoms with Crippen LogP contribution in [0.5, 0.6) is 0 Å². The maximum absolute atomic E-state index is 12.2. The summed E-state index contributed by atoms with van der Waals surface area (Å²) in [7, 11) is 1.70. The van der Waals surface area contributed by atoms with Gasteiger partial charge in [-0.05, 0) is 29.5 Å². The van der Waals surface area contributed by atoms with Gasteiger partial charge in [0.2, 0.25) is 11.7 Å². The summed E-state index contributed by atoms with van der Waals surface area (Å²) in [6.07, 6.45) is 2.51. The number of amides is 1. The lowest BCUT2D eigenvalue weighted by molar-refractivity contribution is -0.116. The fourth-order valence-corrected chi connectivity index (χ4v) is 2.60. The predicted molar refractivity (Wildman–Crippen MR) is 95.1 cm³/mol. The second kappa shape index (κ2) is 6.71. The van der Waals surface area contributed by atoms with Crippen molar-refractivity contribution < 1.29 is 4.79 Å². The number of H-pyrrole nitrogens is 1. The predicted octanol–water partition coefficient (Wildman–Crippen LogP) is 1.72. The summed E-state index contributed by atoms with van der Waals surface area (Å²) in [4.78, 5) is 25.3. The van der Waals surface area contributed by atoms with Crippen molar-refractivity contribution >= 4 is 22.8 Å². The number of aromatic nitrogens is 7. The van der Waals surface area contributed by atoms with Crippen LogP contribution < -0.4 is 5.32 Å². The average molecular weight is 348 g/mol. The van der Waals surface area contributed by atoms with Crippen LogP contribution in [-0.2, 0) is 18.3 Å². The van der Waals surface area contributed by atoms with Crippen molar-refractivity contribution in [2.75, 3.05) is 5.32 Å². The minimum Gasteiger partial charge on any atom is -0.341 e. The molecule has 2 N–H and O–H groups in total. The number of carbonyl (C=O) groups is 1. The van der Waals surface area contributed by atoms with Gasteiger partial charge in [-0.15, -0.1) is 10.2 Å². The lowest BCUT2D eigenvalue weighted by Crippen LogP contribution is -2.12. The van der Waals surface area contributed by atoms with Crippen LogP contribution in [0.25, 0.3) is 22.6 Å². The maximum atomic E-state index is 12.2. The number of fused-ring (bicyclic) bond motifs is 1. The molecule has 1 amide bonds. The molecule has 0 fully saturated rings. The summed E-state index contributed by atoms with van der Waals surface area (Å²) in [5.74, 6) is 1.16. The van der Waals surface area contributed by atoms with Crippen molar-refractivity contribution in [1.29, 1.82) is 0 Å². The Morgan fingerprint density at radius 2 is 2.19 bits per heavy atom. The Labute approximate surface area is 148 Å². The number of hydrogen-bond donors (Lipinski definition) is 2. The second-order valence-corrected chi connectivity index (χ2v) is 5.79. The molecule has 0 saturated carbocycles. The van der Waals surface area contributed by atoms with Crippen molar-refractivity contribution in [3.63, 3.8) is 0 Å². The van der Waals surface area contributed by atoms with E-state index in [9.17, 15) is 4.79 Å². The number of nitrogens with one attached hydrogen (secondary N) is 2. The van der Waals surface area contributed by atoms with Gasteiger partial charge < -0.3 is 10.3 Å². The number of benzene rings is 1. The summed E-state index contributed by atoms with van der Waals surface area (Å²) >= 11 is 0. The van der Waals surface area contributed by atoms with Crippen LogP contribution in [0.1, 0.15) is 12.2 Å². The quantitative estimate of drug-likeness (QED) is 0.567. The standard InChI is InChI=1S/C17H16N8O/c1-25-23-16(22-24-25)11-4-2-5-12(10-11)19-15(26)8-7-14-20-13-6-3-9-18-17(13)21-14/h2-6,9-10H,7-8H2,1H3,(H,19,26)(H,18,20,21). The molecule has 26 heavy (non-hydrogen) atoms. The van der Waals surface area contributed by atoms with E-state index >= 15 is 0 Å². The summed E-state index contributed by atoms with van der Waals surface area (Å²) in [5.41, 5.74) is 3.00. The molecule has 0 bridgehead atoms. The largest absolute Gasteiger partial charge is 0.341 e. The van der Waals surface area contributed by atoms with E-state index in [0.717, 1.165) is 16.9 Å². The summed E-state index contributed by atoms with van der Waals surface area (Å²) < 4.78 is 0. The van der Waals surface area contributed by atoms with E-state index in [4.69, 9.17) is 0 Å². The minimum absolute atomic E-state index is 0.0947. The lowest BCUT2D eigenvalue weighted by Gasteiger charge is -2.05. The normalized spacial score (nSPS) is 11.0. The number of tetrazole rings is 1. The molecule has 0 saturated heterocycles.